The number of hydrogen-bond acceptors (Lipinski definition) is 1. The van der Waals surface area contributed by atoms with Crippen LogP contribution in [0, 0.1) is 0 Å². The molecule has 3 aromatic carbocycles. The minimum atomic E-state index is 0.0619. The van der Waals surface area contributed by atoms with Crippen LogP contribution in [-0.2, 0) is 0 Å². The lowest BCUT2D eigenvalue weighted by Crippen LogP contribution is -2.05. The quantitative estimate of drug-likeness (QED) is 0.335. The van der Waals surface area contributed by atoms with Gasteiger partial charge >= 0.3 is 0 Å². The number of ketones is 1. The van der Waals surface area contributed by atoms with Crippen LogP contribution in [0.1, 0.15) is 16.1 Å². The molecule has 2 nitrogen and oxygen atoms in total. The molecule has 2 heterocycles. The van der Waals surface area contributed by atoms with E-state index in [1.54, 1.807) is 0 Å². The van der Waals surface area contributed by atoms with E-state index in [2.05, 4.69) is 24.3 Å². The third kappa shape index (κ3) is 1.60. The molecule has 5 aromatic rings. The highest BCUT2D eigenvalue weighted by molar-refractivity contribution is 6.25. The molecule has 0 radical (unpaired) electrons. The van der Waals surface area contributed by atoms with Crippen LogP contribution in [0.5, 0.6) is 0 Å². The topological polar surface area (TPSA) is 21.5 Å². The van der Waals surface area contributed by atoms with E-state index in [9.17, 15) is 4.79 Å². The number of hydrogen-bond donors (Lipinski definition) is 0. The minimum absolute atomic E-state index is 0.0619. The van der Waals surface area contributed by atoms with Crippen LogP contribution in [0.25, 0.3) is 27.1 Å². The number of carbonyl (C=O) groups is 1. The molecule has 2 heteroatoms. The number of rotatable bonds is 2. The summed E-state index contributed by atoms with van der Waals surface area (Å²) >= 11 is 0. The Morgan fingerprint density at radius 3 is 2.39 bits per heavy atom. The lowest BCUT2D eigenvalue weighted by Gasteiger charge is -2.04. The molecule has 23 heavy (non-hydrogen) atoms. The van der Waals surface area contributed by atoms with E-state index in [1.807, 2.05) is 59.1 Å². The highest BCUT2D eigenvalue weighted by Gasteiger charge is 2.21. The number of carbonyl (C=O) groups excluding carboxylic acids is 1. The number of benzene rings is 3. The zero-order chi connectivity index (χ0) is 15.4. The molecule has 0 aliphatic rings. The first-order valence-corrected chi connectivity index (χ1v) is 7.68. The van der Waals surface area contributed by atoms with Gasteiger partial charge in [0, 0.05) is 22.5 Å². The standard InChI is InChI=1S/C21H13NO/c23-21(16-6-2-1-3-7-16)20-17-10-4-8-14-11-12-15-9-5-13-22(20)19(15)18(14)17/h1-13H. The normalized spacial score (nSPS) is 11.7. The van der Waals surface area contributed by atoms with E-state index in [0.29, 0.717) is 0 Å². The van der Waals surface area contributed by atoms with E-state index in [1.165, 1.54) is 10.8 Å². The van der Waals surface area contributed by atoms with E-state index in [-0.39, 0.29) is 5.78 Å². The molecule has 0 N–H and O–H groups in total. The van der Waals surface area contributed by atoms with Crippen molar-refractivity contribution in [3.8, 4) is 0 Å². The van der Waals surface area contributed by atoms with Crippen molar-refractivity contribution in [2.75, 3.05) is 0 Å². The van der Waals surface area contributed by atoms with Gasteiger partial charge in [0.05, 0.1) is 5.52 Å². The monoisotopic (exact) mass is 295 g/mol. The van der Waals surface area contributed by atoms with Crippen LogP contribution in [0.2, 0.25) is 0 Å². The first-order chi connectivity index (χ1) is 11.3. The second-order valence-electron chi connectivity index (χ2n) is 5.83. The highest BCUT2D eigenvalue weighted by Crippen LogP contribution is 2.35. The fraction of sp³-hybridized carbons (Fsp3) is 0. The van der Waals surface area contributed by atoms with Gasteiger partial charge in [-0.2, -0.15) is 0 Å². The Labute approximate surface area is 132 Å². The largest absolute Gasteiger partial charge is 0.312 e. The fourth-order valence-corrected chi connectivity index (χ4v) is 3.55. The fourth-order valence-electron chi connectivity index (χ4n) is 3.55. The van der Waals surface area contributed by atoms with Crippen LogP contribution in [0.4, 0.5) is 0 Å². The third-order valence-electron chi connectivity index (χ3n) is 4.55. The van der Waals surface area contributed by atoms with Crippen molar-refractivity contribution in [1.29, 1.82) is 0 Å². The molecule has 5 rings (SSSR count). The molecule has 0 atom stereocenters. The summed E-state index contributed by atoms with van der Waals surface area (Å²) in [4.78, 5) is 13.1. The molecule has 0 saturated heterocycles. The van der Waals surface area contributed by atoms with Gasteiger partial charge in [0.15, 0.2) is 0 Å². The van der Waals surface area contributed by atoms with E-state index >= 15 is 0 Å². The molecule has 0 saturated carbocycles. The maximum absolute atomic E-state index is 13.1. The average Bonchev–Trinajstić information content (AvgIpc) is 2.96. The third-order valence-corrected chi connectivity index (χ3v) is 4.55. The van der Waals surface area contributed by atoms with Crippen molar-refractivity contribution in [2.45, 2.75) is 0 Å². The highest BCUT2D eigenvalue weighted by atomic mass is 16.1. The number of pyridine rings is 1. The number of nitrogens with zero attached hydrogens (tertiary/aromatic N) is 1. The summed E-state index contributed by atoms with van der Waals surface area (Å²) in [5, 5.41) is 4.52. The summed E-state index contributed by atoms with van der Waals surface area (Å²) in [5.74, 6) is 0.0619. The molecule has 0 aliphatic heterocycles. The summed E-state index contributed by atoms with van der Waals surface area (Å²) in [6.07, 6.45) is 1.98. The van der Waals surface area contributed by atoms with Crippen LogP contribution >= 0.6 is 0 Å². The summed E-state index contributed by atoms with van der Waals surface area (Å²) in [6.45, 7) is 0. The maximum Gasteiger partial charge on any atom is 0.210 e. The van der Waals surface area contributed by atoms with Gasteiger partial charge in [-0.3, -0.25) is 4.79 Å². The summed E-state index contributed by atoms with van der Waals surface area (Å²) in [5.41, 5.74) is 2.59. The van der Waals surface area contributed by atoms with Crippen molar-refractivity contribution >= 4 is 32.8 Å². The number of aromatic nitrogens is 1. The molecular weight excluding hydrogens is 282 g/mol. The molecule has 0 unspecified atom stereocenters. The Hall–Kier alpha value is -3.13. The van der Waals surface area contributed by atoms with Gasteiger partial charge in [-0.05, 0) is 16.8 Å². The zero-order valence-corrected chi connectivity index (χ0v) is 12.4. The zero-order valence-electron chi connectivity index (χ0n) is 12.4. The Morgan fingerprint density at radius 2 is 1.52 bits per heavy atom. The van der Waals surface area contributed by atoms with Crippen LogP contribution in [-0.4, -0.2) is 10.2 Å². The smallest absolute Gasteiger partial charge is 0.210 e. The van der Waals surface area contributed by atoms with Gasteiger partial charge < -0.3 is 4.40 Å². The molecule has 2 aromatic heterocycles. The van der Waals surface area contributed by atoms with Crippen molar-refractivity contribution in [3.05, 3.63) is 90.3 Å². The van der Waals surface area contributed by atoms with Crippen LogP contribution in [0.3, 0.4) is 0 Å². The van der Waals surface area contributed by atoms with Crippen molar-refractivity contribution in [3.63, 3.8) is 0 Å². The SMILES string of the molecule is O=C(c1ccccc1)c1c2cccc3ccc4cccn1c4c32. The van der Waals surface area contributed by atoms with Gasteiger partial charge in [-0.15, -0.1) is 0 Å². The second kappa shape index (κ2) is 4.43. The van der Waals surface area contributed by atoms with Crippen molar-refractivity contribution in [2.24, 2.45) is 0 Å². The van der Waals surface area contributed by atoms with Crippen LogP contribution < -0.4 is 0 Å². The van der Waals surface area contributed by atoms with Gasteiger partial charge in [0.2, 0.25) is 5.78 Å². The predicted molar refractivity (Wildman–Crippen MR) is 93.5 cm³/mol. The average molecular weight is 295 g/mol. The lowest BCUT2D eigenvalue weighted by atomic mass is 10.0. The summed E-state index contributed by atoms with van der Waals surface area (Å²) in [7, 11) is 0. The molecule has 108 valence electrons. The Kier molecular flexibility index (Phi) is 2.39. The van der Waals surface area contributed by atoms with Gasteiger partial charge in [0.1, 0.15) is 5.69 Å². The van der Waals surface area contributed by atoms with E-state index in [0.717, 1.165) is 27.5 Å². The van der Waals surface area contributed by atoms with Gasteiger partial charge in [-0.1, -0.05) is 66.7 Å². The predicted octanol–water partition coefficient (Wildman–Crippen LogP) is 4.91. The second-order valence-corrected chi connectivity index (χ2v) is 5.83. The molecule has 0 amide bonds. The molecular formula is C21H13NO. The van der Waals surface area contributed by atoms with E-state index < -0.39 is 0 Å². The summed E-state index contributed by atoms with van der Waals surface area (Å²) in [6, 6.07) is 24.0. The first-order valence-electron chi connectivity index (χ1n) is 7.68. The van der Waals surface area contributed by atoms with Crippen LogP contribution in [0.15, 0.2) is 79.0 Å². The first kappa shape index (κ1) is 12.4. The molecule has 0 spiro atoms. The minimum Gasteiger partial charge on any atom is -0.312 e. The Bertz CT molecular complexity index is 1100. The van der Waals surface area contributed by atoms with E-state index in [4.69, 9.17) is 0 Å². The van der Waals surface area contributed by atoms with Gasteiger partial charge in [-0.25, -0.2) is 0 Å². The Balaban J connectivity index is 1.97. The van der Waals surface area contributed by atoms with Crippen molar-refractivity contribution in [1.82, 2.24) is 4.40 Å². The molecule has 0 bridgehead atoms. The maximum atomic E-state index is 13.1. The van der Waals surface area contributed by atoms with Crippen molar-refractivity contribution < 1.29 is 4.79 Å². The van der Waals surface area contributed by atoms with Gasteiger partial charge in [0.25, 0.3) is 0 Å². The molecule has 0 aliphatic carbocycles. The summed E-state index contributed by atoms with van der Waals surface area (Å²) < 4.78 is 2.04. The Morgan fingerprint density at radius 1 is 0.739 bits per heavy atom. The molecule has 0 fully saturated rings. The lowest BCUT2D eigenvalue weighted by molar-refractivity contribution is 0.103.